The standard InChI is InChI=1S/C11H15N3S/c1-3-12-11(15)14(2)13-9-10-7-5-4-6-8-10/h4-9H,3H2,1-2H3,(H,12,15)/b13-9-. The van der Waals surface area contributed by atoms with Crippen LogP contribution in [-0.2, 0) is 0 Å². The van der Waals surface area contributed by atoms with Gasteiger partial charge in [0.1, 0.15) is 0 Å². The van der Waals surface area contributed by atoms with Crippen molar-refractivity contribution in [3.63, 3.8) is 0 Å². The average Bonchev–Trinajstić information content (AvgIpc) is 2.27. The molecule has 0 heterocycles. The summed E-state index contributed by atoms with van der Waals surface area (Å²) in [5.41, 5.74) is 1.06. The van der Waals surface area contributed by atoms with Crippen molar-refractivity contribution < 1.29 is 0 Å². The number of thiocarbonyl (C=S) groups is 1. The first-order valence-corrected chi connectivity index (χ1v) is 5.25. The number of hydrogen-bond donors (Lipinski definition) is 1. The first kappa shape index (κ1) is 11.7. The van der Waals surface area contributed by atoms with E-state index in [4.69, 9.17) is 12.2 Å². The maximum atomic E-state index is 5.09. The topological polar surface area (TPSA) is 27.6 Å². The van der Waals surface area contributed by atoms with Crippen LogP contribution in [0.4, 0.5) is 0 Å². The molecule has 0 radical (unpaired) electrons. The molecule has 3 nitrogen and oxygen atoms in total. The van der Waals surface area contributed by atoms with Crippen LogP contribution in [0.25, 0.3) is 0 Å². The minimum absolute atomic E-state index is 0.629. The van der Waals surface area contributed by atoms with Gasteiger partial charge in [0.15, 0.2) is 5.11 Å². The van der Waals surface area contributed by atoms with Crippen molar-refractivity contribution >= 4 is 23.5 Å². The van der Waals surface area contributed by atoms with Gasteiger partial charge in [-0.15, -0.1) is 0 Å². The summed E-state index contributed by atoms with van der Waals surface area (Å²) in [4.78, 5) is 0. The van der Waals surface area contributed by atoms with E-state index in [1.807, 2.05) is 44.3 Å². The fraction of sp³-hybridized carbons (Fsp3) is 0.273. The van der Waals surface area contributed by atoms with Crippen LogP contribution in [-0.4, -0.2) is 29.9 Å². The van der Waals surface area contributed by atoms with Crippen LogP contribution in [0.5, 0.6) is 0 Å². The number of nitrogens with one attached hydrogen (secondary N) is 1. The highest BCUT2D eigenvalue weighted by Crippen LogP contribution is 1.95. The Balaban J connectivity index is 2.54. The molecule has 0 aliphatic carbocycles. The number of rotatable bonds is 3. The van der Waals surface area contributed by atoms with Gasteiger partial charge in [-0.25, -0.2) is 5.01 Å². The van der Waals surface area contributed by atoms with E-state index in [0.717, 1.165) is 12.1 Å². The molecule has 0 spiro atoms. The fourth-order valence-electron chi connectivity index (χ4n) is 1.01. The van der Waals surface area contributed by atoms with E-state index in [1.54, 1.807) is 11.2 Å². The second-order valence-corrected chi connectivity index (χ2v) is 3.40. The lowest BCUT2D eigenvalue weighted by molar-refractivity contribution is 0.535. The highest BCUT2D eigenvalue weighted by molar-refractivity contribution is 7.80. The zero-order chi connectivity index (χ0) is 11.1. The third-order valence-corrected chi connectivity index (χ3v) is 2.21. The second kappa shape index (κ2) is 6.14. The van der Waals surface area contributed by atoms with Crippen molar-refractivity contribution in [3.8, 4) is 0 Å². The van der Waals surface area contributed by atoms with Crippen LogP contribution < -0.4 is 5.32 Å². The number of hydrazone groups is 1. The fourth-order valence-corrected chi connectivity index (χ4v) is 1.20. The molecule has 0 aliphatic heterocycles. The smallest absolute Gasteiger partial charge is 0.189 e. The maximum Gasteiger partial charge on any atom is 0.189 e. The van der Waals surface area contributed by atoms with Crippen molar-refractivity contribution in [1.82, 2.24) is 10.3 Å². The molecule has 0 fully saturated rings. The average molecular weight is 221 g/mol. The minimum Gasteiger partial charge on any atom is -0.361 e. The Morgan fingerprint density at radius 3 is 2.73 bits per heavy atom. The number of benzene rings is 1. The Hall–Kier alpha value is -1.42. The van der Waals surface area contributed by atoms with Gasteiger partial charge in [-0.05, 0) is 24.7 Å². The molecule has 0 atom stereocenters. The molecule has 0 unspecified atom stereocenters. The van der Waals surface area contributed by atoms with Crippen LogP contribution in [0, 0.1) is 0 Å². The number of nitrogens with zero attached hydrogens (tertiary/aromatic N) is 2. The zero-order valence-electron chi connectivity index (χ0n) is 8.97. The molecule has 0 amide bonds. The normalized spacial score (nSPS) is 10.3. The van der Waals surface area contributed by atoms with Crippen LogP contribution in [0.15, 0.2) is 35.4 Å². The zero-order valence-corrected chi connectivity index (χ0v) is 9.79. The van der Waals surface area contributed by atoms with Gasteiger partial charge < -0.3 is 5.32 Å². The molecule has 0 saturated carbocycles. The van der Waals surface area contributed by atoms with Crippen molar-refractivity contribution in [2.75, 3.05) is 13.6 Å². The van der Waals surface area contributed by atoms with Crippen molar-refractivity contribution in [2.45, 2.75) is 6.92 Å². The maximum absolute atomic E-state index is 5.09. The van der Waals surface area contributed by atoms with Gasteiger partial charge >= 0.3 is 0 Å². The monoisotopic (exact) mass is 221 g/mol. The summed E-state index contributed by atoms with van der Waals surface area (Å²) in [7, 11) is 1.82. The van der Waals surface area contributed by atoms with E-state index < -0.39 is 0 Å². The van der Waals surface area contributed by atoms with Crippen molar-refractivity contribution in [2.24, 2.45) is 5.10 Å². The Morgan fingerprint density at radius 2 is 2.13 bits per heavy atom. The third-order valence-electron chi connectivity index (χ3n) is 1.80. The van der Waals surface area contributed by atoms with E-state index in [2.05, 4.69) is 10.4 Å². The van der Waals surface area contributed by atoms with E-state index in [1.165, 1.54) is 0 Å². The van der Waals surface area contributed by atoms with E-state index in [9.17, 15) is 0 Å². The van der Waals surface area contributed by atoms with E-state index in [0.29, 0.717) is 5.11 Å². The highest BCUT2D eigenvalue weighted by Gasteiger charge is 1.97. The Morgan fingerprint density at radius 1 is 1.47 bits per heavy atom. The largest absolute Gasteiger partial charge is 0.361 e. The van der Waals surface area contributed by atoms with Crippen molar-refractivity contribution in [3.05, 3.63) is 35.9 Å². The molecule has 0 saturated heterocycles. The molecule has 0 aliphatic rings. The van der Waals surface area contributed by atoms with Gasteiger partial charge in [-0.1, -0.05) is 30.3 Å². The predicted octanol–water partition coefficient (Wildman–Crippen LogP) is 1.85. The summed E-state index contributed by atoms with van der Waals surface area (Å²) in [5.74, 6) is 0. The molecular formula is C11H15N3S. The number of hydrogen-bond acceptors (Lipinski definition) is 2. The summed E-state index contributed by atoms with van der Waals surface area (Å²) in [6.45, 7) is 2.81. The van der Waals surface area contributed by atoms with Gasteiger partial charge in [0.05, 0.1) is 6.21 Å². The van der Waals surface area contributed by atoms with Crippen LogP contribution in [0.1, 0.15) is 12.5 Å². The molecule has 1 aromatic carbocycles. The minimum atomic E-state index is 0.629. The second-order valence-electron chi connectivity index (χ2n) is 3.01. The molecule has 1 rings (SSSR count). The van der Waals surface area contributed by atoms with Crippen LogP contribution >= 0.6 is 12.2 Å². The summed E-state index contributed by atoms with van der Waals surface area (Å²) in [6.07, 6.45) is 1.78. The lowest BCUT2D eigenvalue weighted by Crippen LogP contribution is -2.33. The Bertz CT molecular complexity index is 335. The van der Waals surface area contributed by atoms with Crippen LogP contribution in [0.2, 0.25) is 0 Å². The van der Waals surface area contributed by atoms with Gasteiger partial charge in [-0.3, -0.25) is 0 Å². The molecule has 1 aromatic rings. The molecule has 0 aromatic heterocycles. The molecule has 15 heavy (non-hydrogen) atoms. The molecule has 1 N–H and O–H groups in total. The van der Waals surface area contributed by atoms with E-state index in [-0.39, 0.29) is 0 Å². The SMILES string of the molecule is CCNC(=S)N(C)/N=C\c1ccccc1. The molecular weight excluding hydrogens is 206 g/mol. The Labute approximate surface area is 95.8 Å². The van der Waals surface area contributed by atoms with Crippen LogP contribution in [0.3, 0.4) is 0 Å². The lowest BCUT2D eigenvalue weighted by atomic mass is 10.2. The summed E-state index contributed by atoms with van der Waals surface area (Å²) in [5, 5.41) is 9.52. The predicted molar refractivity (Wildman–Crippen MR) is 68.1 cm³/mol. The molecule has 0 bridgehead atoms. The lowest BCUT2D eigenvalue weighted by Gasteiger charge is -2.13. The molecule has 80 valence electrons. The Kier molecular flexibility index (Phi) is 4.77. The van der Waals surface area contributed by atoms with Gasteiger partial charge in [0.2, 0.25) is 0 Å². The first-order chi connectivity index (χ1) is 7.24. The van der Waals surface area contributed by atoms with Gasteiger partial charge in [0, 0.05) is 13.6 Å². The quantitative estimate of drug-likeness (QED) is 0.479. The first-order valence-electron chi connectivity index (χ1n) is 4.84. The summed E-state index contributed by atoms with van der Waals surface area (Å²) >= 11 is 5.09. The van der Waals surface area contributed by atoms with E-state index >= 15 is 0 Å². The molecule has 4 heteroatoms. The highest BCUT2D eigenvalue weighted by atomic mass is 32.1. The summed E-state index contributed by atoms with van der Waals surface area (Å²) in [6, 6.07) is 9.92. The van der Waals surface area contributed by atoms with Gasteiger partial charge in [-0.2, -0.15) is 5.10 Å². The van der Waals surface area contributed by atoms with Gasteiger partial charge in [0.25, 0.3) is 0 Å². The summed E-state index contributed by atoms with van der Waals surface area (Å²) < 4.78 is 0. The van der Waals surface area contributed by atoms with Crippen molar-refractivity contribution in [1.29, 1.82) is 0 Å². The third kappa shape index (κ3) is 4.08.